The van der Waals surface area contributed by atoms with E-state index >= 15 is 0 Å². The molecule has 0 bridgehead atoms. The van der Waals surface area contributed by atoms with Crippen LogP contribution in [0.3, 0.4) is 0 Å². The van der Waals surface area contributed by atoms with Crippen LogP contribution in [-0.2, 0) is 0 Å². The number of rotatable bonds is 4. The van der Waals surface area contributed by atoms with Crippen molar-refractivity contribution in [2.45, 2.75) is 71.4 Å². The summed E-state index contributed by atoms with van der Waals surface area (Å²) in [5, 5.41) is 3.70. The normalized spacial score (nSPS) is 27.4. The average molecular weight is 287 g/mol. The van der Waals surface area contributed by atoms with E-state index in [1.807, 2.05) is 0 Å². The van der Waals surface area contributed by atoms with Crippen LogP contribution in [0.15, 0.2) is 18.2 Å². The summed E-state index contributed by atoms with van der Waals surface area (Å²) in [6.07, 6.45) is 8.38. The van der Waals surface area contributed by atoms with Crippen molar-refractivity contribution in [2.24, 2.45) is 5.41 Å². The Kier molecular flexibility index (Phi) is 4.26. The van der Waals surface area contributed by atoms with E-state index in [0.29, 0.717) is 17.6 Å². The lowest BCUT2D eigenvalue weighted by molar-refractivity contribution is -0.102. The summed E-state index contributed by atoms with van der Waals surface area (Å²) in [4.78, 5) is 0. The first-order valence-electron chi connectivity index (χ1n) is 8.63. The summed E-state index contributed by atoms with van der Waals surface area (Å²) in [6.45, 7) is 7.61. The van der Waals surface area contributed by atoms with Crippen LogP contribution in [-0.4, -0.2) is 18.7 Å². The molecule has 1 N–H and O–H groups in total. The van der Waals surface area contributed by atoms with Crippen molar-refractivity contribution in [3.05, 3.63) is 29.3 Å². The van der Waals surface area contributed by atoms with E-state index in [1.54, 1.807) is 0 Å². The molecule has 0 heterocycles. The van der Waals surface area contributed by atoms with Crippen molar-refractivity contribution >= 4 is 0 Å². The zero-order valence-electron chi connectivity index (χ0n) is 13.7. The van der Waals surface area contributed by atoms with Crippen LogP contribution in [0.25, 0.3) is 0 Å². The minimum absolute atomic E-state index is 0.396. The maximum Gasteiger partial charge on any atom is 0.120 e. The van der Waals surface area contributed by atoms with Crippen LogP contribution in [0, 0.1) is 19.3 Å². The minimum Gasteiger partial charge on any atom is -0.490 e. The van der Waals surface area contributed by atoms with Gasteiger partial charge in [0.05, 0.1) is 0 Å². The van der Waals surface area contributed by atoms with Crippen molar-refractivity contribution in [1.29, 1.82) is 0 Å². The second-order valence-corrected chi connectivity index (χ2v) is 6.99. The van der Waals surface area contributed by atoms with Gasteiger partial charge in [0, 0.05) is 17.9 Å². The molecule has 1 aromatic carbocycles. The van der Waals surface area contributed by atoms with Gasteiger partial charge in [-0.3, -0.25) is 0 Å². The van der Waals surface area contributed by atoms with Gasteiger partial charge in [-0.15, -0.1) is 0 Å². The van der Waals surface area contributed by atoms with Gasteiger partial charge < -0.3 is 10.1 Å². The molecule has 1 aromatic rings. The zero-order chi connectivity index (χ0) is 14.9. The van der Waals surface area contributed by atoms with E-state index < -0.39 is 0 Å². The van der Waals surface area contributed by atoms with Gasteiger partial charge in [0.25, 0.3) is 0 Å². The number of hydrogen-bond donors (Lipinski definition) is 1. The largest absolute Gasteiger partial charge is 0.490 e. The van der Waals surface area contributed by atoms with Crippen LogP contribution in [0.2, 0.25) is 0 Å². The first kappa shape index (κ1) is 14.9. The van der Waals surface area contributed by atoms with Gasteiger partial charge in [-0.2, -0.15) is 0 Å². The van der Waals surface area contributed by atoms with Gasteiger partial charge in [-0.1, -0.05) is 32.3 Å². The van der Waals surface area contributed by atoms with Crippen molar-refractivity contribution in [3.63, 3.8) is 0 Å². The Labute approximate surface area is 129 Å². The predicted octanol–water partition coefficient (Wildman–Crippen LogP) is 4.38. The SMILES string of the molecule is CCNC1CC(Oc2ccc(C)c(C)c2)C12CCCCC2. The van der Waals surface area contributed by atoms with Crippen LogP contribution >= 0.6 is 0 Å². The summed E-state index contributed by atoms with van der Waals surface area (Å²) in [5.74, 6) is 1.06. The number of aryl methyl sites for hydroxylation is 2. The van der Waals surface area contributed by atoms with Crippen LogP contribution in [0.5, 0.6) is 5.75 Å². The third-order valence-electron chi connectivity index (χ3n) is 5.78. The first-order chi connectivity index (χ1) is 10.2. The molecule has 2 atom stereocenters. The van der Waals surface area contributed by atoms with Crippen molar-refractivity contribution in [2.75, 3.05) is 6.54 Å². The molecule has 0 saturated heterocycles. The molecule has 2 nitrogen and oxygen atoms in total. The minimum atomic E-state index is 0.396. The van der Waals surface area contributed by atoms with Gasteiger partial charge in [0.2, 0.25) is 0 Å². The summed E-state index contributed by atoms with van der Waals surface area (Å²) < 4.78 is 6.42. The van der Waals surface area contributed by atoms with Gasteiger partial charge in [0.1, 0.15) is 11.9 Å². The highest BCUT2D eigenvalue weighted by atomic mass is 16.5. The molecule has 0 aromatic heterocycles. The Morgan fingerprint density at radius 3 is 2.57 bits per heavy atom. The average Bonchev–Trinajstić information content (AvgIpc) is 2.50. The Morgan fingerprint density at radius 1 is 1.14 bits per heavy atom. The maximum absolute atomic E-state index is 6.42. The fourth-order valence-electron chi connectivity index (χ4n) is 4.28. The van der Waals surface area contributed by atoms with Gasteiger partial charge in [-0.05, 0) is 56.5 Å². The molecule has 2 heteroatoms. The topological polar surface area (TPSA) is 21.3 Å². The highest BCUT2D eigenvalue weighted by Crippen LogP contribution is 2.53. The predicted molar refractivity (Wildman–Crippen MR) is 87.9 cm³/mol. The third kappa shape index (κ3) is 2.70. The second-order valence-electron chi connectivity index (χ2n) is 6.99. The fraction of sp³-hybridized carbons (Fsp3) is 0.684. The standard InChI is InChI=1S/C19H29NO/c1-4-20-17-13-18(19(17)10-6-5-7-11-19)21-16-9-8-14(2)15(3)12-16/h8-9,12,17-18,20H,4-7,10-11,13H2,1-3H3. The van der Waals surface area contributed by atoms with Crippen molar-refractivity contribution in [3.8, 4) is 5.75 Å². The van der Waals surface area contributed by atoms with Crippen molar-refractivity contribution in [1.82, 2.24) is 5.32 Å². The molecule has 2 aliphatic rings. The molecule has 1 spiro atoms. The lowest BCUT2D eigenvalue weighted by Gasteiger charge is -2.57. The quantitative estimate of drug-likeness (QED) is 0.887. The van der Waals surface area contributed by atoms with E-state index in [2.05, 4.69) is 44.3 Å². The second kappa shape index (κ2) is 6.00. The van der Waals surface area contributed by atoms with E-state index in [4.69, 9.17) is 4.74 Å². The molecule has 2 fully saturated rings. The van der Waals surface area contributed by atoms with E-state index in [9.17, 15) is 0 Å². The molecule has 2 aliphatic carbocycles. The maximum atomic E-state index is 6.42. The fourth-order valence-corrected chi connectivity index (χ4v) is 4.28. The summed E-state index contributed by atoms with van der Waals surface area (Å²) in [6, 6.07) is 7.18. The molecule has 0 amide bonds. The Bertz CT molecular complexity index is 490. The molecular weight excluding hydrogens is 258 g/mol. The third-order valence-corrected chi connectivity index (χ3v) is 5.78. The zero-order valence-corrected chi connectivity index (χ0v) is 13.7. The molecule has 2 saturated carbocycles. The molecule has 21 heavy (non-hydrogen) atoms. The van der Waals surface area contributed by atoms with Crippen LogP contribution in [0.4, 0.5) is 0 Å². The molecule has 116 valence electrons. The van der Waals surface area contributed by atoms with Gasteiger partial charge in [-0.25, -0.2) is 0 Å². The van der Waals surface area contributed by atoms with Gasteiger partial charge in [0.15, 0.2) is 0 Å². The highest BCUT2D eigenvalue weighted by Gasteiger charge is 2.56. The Hall–Kier alpha value is -1.02. The molecule has 0 radical (unpaired) electrons. The van der Waals surface area contributed by atoms with E-state index in [1.165, 1.54) is 49.7 Å². The monoisotopic (exact) mass is 287 g/mol. The van der Waals surface area contributed by atoms with Crippen LogP contribution in [0.1, 0.15) is 56.6 Å². The number of ether oxygens (including phenoxy) is 1. The molecule has 0 aliphatic heterocycles. The highest BCUT2D eigenvalue weighted by molar-refractivity contribution is 5.34. The number of hydrogen-bond acceptors (Lipinski definition) is 2. The summed E-state index contributed by atoms with van der Waals surface area (Å²) >= 11 is 0. The number of nitrogens with one attached hydrogen (secondary N) is 1. The van der Waals surface area contributed by atoms with E-state index in [-0.39, 0.29) is 0 Å². The van der Waals surface area contributed by atoms with E-state index in [0.717, 1.165) is 12.3 Å². The van der Waals surface area contributed by atoms with Crippen LogP contribution < -0.4 is 10.1 Å². The van der Waals surface area contributed by atoms with Crippen molar-refractivity contribution < 1.29 is 4.74 Å². The smallest absolute Gasteiger partial charge is 0.120 e. The number of benzene rings is 1. The summed E-state index contributed by atoms with van der Waals surface area (Å²) in [7, 11) is 0. The molecular formula is C19H29NO. The molecule has 3 rings (SSSR count). The van der Waals surface area contributed by atoms with Gasteiger partial charge >= 0.3 is 0 Å². The molecule has 2 unspecified atom stereocenters. The lowest BCUT2D eigenvalue weighted by atomic mass is 9.55. The lowest BCUT2D eigenvalue weighted by Crippen LogP contribution is -2.65. The first-order valence-corrected chi connectivity index (χ1v) is 8.63. The Morgan fingerprint density at radius 2 is 1.90 bits per heavy atom. The Balaban J connectivity index is 1.73. The summed E-state index contributed by atoms with van der Waals surface area (Å²) in [5.41, 5.74) is 3.06.